The van der Waals surface area contributed by atoms with E-state index in [4.69, 9.17) is 0 Å². The molecule has 2 rings (SSSR count). The molecule has 0 unspecified atom stereocenters. The smallest absolute Gasteiger partial charge is 0.313 e. The lowest BCUT2D eigenvalue weighted by atomic mass is 10.2. The van der Waals surface area contributed by atoms with Crippen LogP contribution in [0.4, 0.5) is 11.6 Å². The molecule has 0 bridgehead atoms. The van der Waals surface area contributed by atoms with E-state index in [1.807, 2.05) is 23.8 Å². The van der Waals surface area contributed by atoms with Crippen LogP contribution in [0.1, 0.15) is 13.3 Å². The molecule has 2 aromatic rings. The van der Waals surface area contributed by atoms with Gasteiger partial charge in [0.25, 0.3) is 0 Å². The van der Waals surface area contributed by atoms with Gasteiger partial charge in [-0.1, -0.05) is 6.92 Å². The lowest BCUT2D eigenvalue weighted by Gasteiger charge is -2.05. The standard InChI is InChI=1S/C11H12N4O2S/c1-2-4-12-11-13-6-9(15(16)17)10(14-11)8-3-5-18-7-8/h3,5-7H,2,4H2,1H3,(H,12,13,14). The van der Waals surface area contributed by atoms with Gasteiger partial charge in [-0.15, -0.1) is 0 Å². The Balaban J connectivity index is 2.42. The first kappa shape index (κ1) is 12.4. The number of rotatable bonds is 5. The van der Waals surface area contributed by atoms with Crippen LogP contribution < -0.4 is 5.32 Å². The van der Waals surface area contributed by atoms with E-state index in [0.29, 0.717) is 11.6 Å². The predicted molar refractivity (Wildman–Crippen MR) is 70.8 cm³/mol. The maximum Gasteiger partial charge on any atom is 0.313 e. The molecule has 0 radical (unpaired) electrons. The molecule has 0 fully saturated rings. The van der Waals surface area contributed by atoms with E-state index in [0.717, 1.165) is 18.5 Å². The van der Waals surface area contributed by atoms with Crippen molar-refractivity contribution in [2.75, 3.05) is 11.9 Å². The molecule has 18 heavy (non-hydrogen) atoms. The van der Waals surface area contributed by atoms with Gasteiger partial charge in [-0.3, -0.25) is 10.1 Å². The number of aromatic nitrogens is 2. The summed E-state index contributed by atoms with van der Waals surface area (Å²) in [6.07, 6.45) is 2.19. The largest absolute Gasteiger partial charge is 0.354 e. The lowest BCUT2D eigenvalue weighted by molar-refractivity contribution is -0.384. The molecule has 0 spiro atoms. The normalized spacial score (nSPS) is 10.3. The molecule has 7 heteroatoms. The topological polar surface area (TPSA) is 81.0 Å². The number of nitrogens with one attached hydrogen (secondary N) is 1. The Morgan fingerprint density at radius 3 is 3.00 bits per heavy atom. The van der Waals surface area contributed by atoms with Crippen molar-refractivity contribution >= 4 is 23.0 Å². The van der Waals surface area contributed by atoms with E-state index in [-0.39, 0.29) is 5.69 Å². The highest BCUT2D eigenvalue weighted by Gasteiger charge is 2.18. The van der Waals surface area contributed by atoms with Crippen molar-refractivity contribution in [3.63, 3.8) is 0 Å². The van der Waals surface area contributed by atoms with Crippen LogP contribution in [0.25, 0.3) is 11.3 Å². The Labute approximate surface area is 108 Å². The molecule has 0 aliphatic carbocycles. The molecule has 1 N–H and O–H groups in total. The van der Waals surface area contributed by atoms with E-state index < -0.39 is 4.92 Å². The van der Waals surface area contributed by atoms with Gasteiger partial charge in [-0.2, -0.15) is 11.3 Å². The van der Waals surface area contributed by atoms with Crippen LogP contribution in [0.2, 0.25) is 0 Å². The van der Waals surface area contributed by atoms with E-state index in [1.165, 1.54) is 17.5 Å². The maximum absolute atomic E-state index is 11.0. The molecule has 94 valence electrons. The van der Waals surface area contributed by atoms with Crippen molar-refractivity contribution in [1.29, 1.82) is 0 Å². The number of anilines is 1. The molecule has 0 atom stereocenters. The minimum Gasteiger partial charge on any atom is -0.354 e. The van der Waals surface area contributed by atoms with E-state index in [2.05, 4.69) is 15.3 Å². The average Bonchev–Trinajstić information content (AvgIpc) is 2.89. The van der Waals surface area contributed by atoms with Crippen molar-refractivity contribution in [3.05, 3.63) is 33.1 Å². The van der Waals surface area contributed by atoms with Crippen LogP contribution in [-0.2, 0) is 0 Å². The molecular weight excluding hydrogens is 252 g/mol. The molecule has 0 saturated heterocycles. The van der Waals surface area contributed by atoms with Gasteiger partial charge in [0.05, 0.1) is 4.92 Å². The second-order valence-electron chi connectivity index (χ2n) is 3.62. The van der Waals surface area contributed by atoms with Crippen LogP contribution >= 0.6 is 11.3 Å². The summed E-state index contributed by atoms with van der Waals surface area (Å²) in [6, 6.07) is 1.81. The zero-order valence-corrected chi connectivity index (χ0v) is 10.6. The number of hydrogen-bond acceptors (Lipinski definition) is 6. The number of thiophene rings is 1. The van der Waals surface area contributed by atoms with Crippen molar-refractivity contribution in [1.82, 2.24) is 9.97 Å². The van der Waals surface area contributed by atoms with Crippen molar-refractivity contribution < 1.29 is 4.92 Å². The van der Waals surface area contributed by atoms with Crippen LogP contribution in [0.15, 0.2) is 23.0 Å². The summed E-state index contributed by atoms with van der Waals surface area (Å²) < 4.78 is 0. The van der Waals surface area contributed by atoms with Gasteiger partial charge < -0.3 is 5.32 Å². The van der Waals surface area contributed by atoms with Gasteiger partial charge in [0.1, 0.15) is 6.20 Å². The number of nitro groups is 1. The van der Waals surface area contributed by atoms with Crippen LogP contribution in [0.5, 0.6) is 0 Å². The second kappa shape index (κ2) is 5.54. The third kappa shape index (κ3) is 2.62. The lowest BCUT2D eigenvalue weighted by Crippen LogP contribution is -2.06. The molecule has 0 aliphatic rings. The quantitative estimate of drug-likeness (QED) is 0.663. The third-order valence-corrected chi connectivity index (χ3v) is 2.98. The Bertz CT molecular complexity index is 542. The van der Waals surface area contributed by atoms with Gasteiger partial charge in [0, 0.05) is 17.5 Å². The molecule has 6 nitrogen and oxygen atoms in total. The summed E-state index contributed by atoms with van der Waals surface area (Å²) in [5.74, 6) is 0.420. The first-order chi connectivity index (χ1) is 8.72. The zero-order valence-electron chi connectivity index (χ0n) is 9.79. The highest BCUT2D eigenvalue weighted by Crippen LogP contribution is 2.29. The molecule has 2 aromatic heterocycles. The first-order valence-electron chi connectivity index (χ1n) is 5.50. The fraction of sp³-hybridized carbons (Fsp3) is 0.273. The molecule has 0 amide bonds. The van der Waals surface area contributed by atoms with Crippen molar-refractivity contribution in [3.8, 4) is 11.3 Å². The molecule has 0 saturated carbocycles. The number of nitrogens with zero attached hydrogens (tertiary/aromatic N) is 3. The Hall–Kier alpha value is -2.02. The average molecular weight is 264 g/mol. The van der Waals surface area contributed by atoms with Gasteiger partial charge in [0.2, 0.25) is 5.95 Å². The predicted octanol–water partition coefficient (Wildman–Crippen LogP) is 2.94. The molecule has 0 aliphatic heterocycles. The summed E-state index contributed by atoms with van der Waals surface area (Å²) in [7, 11) is 0. The SMILES string of the molecule is CCCNc1ncc([N+](=O)[O-])c(-c2ccsc2)n1. The summed E-state index contributed by atoms with van der Waals surface area (Å²) in [6.45, 7) is 2.76. The van der Waals surface area contributed by atoms with Gasteiger partial charge >= 0.3 is 5.69 Å². The highest BCUT2D eigenvalue weighted by molar-refractivity contribution is 7.08. The Kier molecular flexibility index (Phi) is 3.83. The van der Waals surface area contributed by atoms with E-state index in [9.17, 15) is 10.1 Å². The van der Waals surface area contributed by atoms with Gasteiger partial charge in [-0.05, 0) is 17.9 Å². The Morgan fingerprint density at radius 2 is 2.39 bits per heavy atom. The number of hydrogen-bond donors (Lipinski definition) is 1. The summed E-state index contributed by atoms with van der Waals surface area (Å²) in [4.78, 5) is 18.7. The fourth-order valence-corrected chi connectivity index (χ4v) is 2.08. The highest BCUT2D eigenvalue weighted by atomic mass is 32.1. The summed E-state index contributed by atoms with van der Waals surface area (Å²) in [5.41, 5.74) is 1.03. The van der Waals surface area contributed by atoms with Gasteiger partial charge in [0.15, 0.2) is 5.69 Å². The molecule has 0 aromatic carbocycles. The first-order valence-corrected chi connectivity index (χ1v) is 6.44. The van der Waals surface area contributed by atoms with Crippen LogP contribution in [-0.4, -0.2) is 21.4 Å². The third-order valence-electron chi connectivity index (χ3n) is 2.29. The van der Waals surface area contributed by atoms with E-state index in [1.54, 1.807) is 0 Å². The van der Waals surface area contributed by atoms with Gasteiger partial charge in [-0.25, -0.2) is 9.97 Å². The van der Waals surface area contributed by atoms with Crippen LogP contribution in [0, 0.1) is 10.1 Å². The summed E-state index contributed by atoms with van der Waals surface area (Å²) in [5, 5.41) is 17.7. The summed E-state index contributed by atoms with van der Waals surface area (Å²) >= 11 is 1.48. The van der Waals surface area contributed by atoms with Crippen LogP contribution in [0.3, 0.4) is 0 Å². The van der Waals surface area contributed by atoms with E-state index >= 15 is 0 Å². The maximum atomic E-state index is 11.0. The minimum absolute atomic E-state index is 0.0737. The molecular formula is C11H12N4O2S. The van der Waals surface area contributed by atoms with Crippen molar-refractivity contribution in [2.45, 2.75) is 13.3 Å². The monoisotopic (exact) mass is 264 g/mol. The molecule has 2 heterocycles. The zero-order chi connectivity index (χ0) is 13.0. The second-order valence-corrected chi connectivity index (χ2v) is 4.40. The Morgan fingerprint density at radius 1 is 1.56 bits per heavy atom. The fourth-order valence-electron chi connectivity index (χ4n) is 1.44. The minimum atomic E-state index is -0.462. The van der Waals surface area contributed by atoms with Crippen molar-refractivity contribution in [2.24, 2.45) is 0 Å².